The summed E-state index contributed by atoms with van der Waals surface area (Å²) in [4.78, 5) is 23.9. The second kappa shape index (κ2) is 7.57. The standard InChI is InChI=1S/C15H15Cl2N3O4S/c1-19(2)25(23,24)11-4-6-15(22)20(8-11)9-14(21)18-10-3-5-12(16)13(17)7-10/h3-8H,9H2,1-2H3,(H,18,21). The van der Waals surface area contributed by atoms with Gasteiger partial charge in [-0.3, -0.25) is 9.59 Å². The Kier molecular flexibility index (Phi) is 5.89. The number of benzene rings is 1. The zero-order valence-corrected chi connectivity index (χ0v) is 15.7. The molecule has 0 aliphatic heterocycles. The summed E-state index contributed by atoms with van der Waals surface area (Å²) in [5.41, 5.74) is -0.0912. The van der Waals surface area contributed by atoms with Crippen LogP contribution in [0.3, 0.4) is 0 Å². The Morgan fingerprint density at radius 1 is 1.16 bits per heavy atom. The van der Waals surface area contributed by atoms with E-state index < -0.39 is 21.5 Å². The van der Waals surface area contributed by atoms with Crippen LogP contribution in [0.2, 0.25) is 10.0 Å². The highest BCUT2D eigenvalue weighted by Gasteiger charge is 2.18. The second-order valence-electron chi connectivity index (χ2n) is 5.30. The number of hydrogen-bond donors (Lipinski definition) is 1. The number of nitrogens with zero attached hydrogens (tertiary/aromatic N) is 2. The Morgan fingerprint density at radius 2 is 1.84 bits per heavy atom. The molecule has 10 heteroatoms. The number of anilines is 1. The molecule has 0 aliphatic rings. The molecule has 1 heterocycles. The zero-order chi connectivity index (χ0) is 18.8. The zero-order valence-electron chi connectivity index (χ0n) is 13.4. The predicted molar refractivity (Wildman–Crippen MR) is 96.7 cm³/mol. The summed E-state index contributed by atoms with van der Waals surface area (Å²) in [5.74, 6) is -0.514. The highest BCUT2D eigenvalue weighted by molar-refractivity contribution is 7.89. The van der Waals surface area contributed by atoms with E-state index >= 15 is 0 Å². The Labute approximate surface area is 154 Å². The summed E-state index contributed by atoms with van der Waals surface area (Å²) in [6, 6.07) is 6.85. The van der Waals surface area contributed by atoms with Gasteiger partial charge in [0.25, 0.3) is 5.56 Å². The van der Waals surface area contributed by atoms with Crippen molar-refractivity contribution >= 4 is 44.8 Å². The van der Waals surface area contributed by atoms with E-state index in [0.29, 0.717) is 10.7 Å². The number of sulfonamides is 1. The average Bonchev–Trinajstić information content (AvgIpc) is 2.52. The monoisotopic (exact) mass is 403 g/mol. The van der Waals surface area contributed by atoms with E-state index in [1.165, 1.54) is 32.3 Å². The minimum Gasteiger partial charge on any atom is -0.324 e. The van der Waals surface area contributed by atoms with Crippen LogP contribution in [0.1, 0.15) is 0 Å². The third kappa shape index (κ3) is 4.60. The summed E-state index contributed by atoms with van der Waals surface area (Å²) in [6.45, 7) is -0.351. The molecule has 7 nitrogen and oxygen atoms in total. The summed E-state index contributed by atoms with van der Waals surface area (Å²) < 4.78 is 26.3. The van der Waals surface area contributed by atoms with Crippen molar-refractivity contribution in [2.75, 3.05) is 19.4 Å². The summed E-state index contributed by atoms with van der Waals surface area (Å²) >= 11 is 11.7. The van der Waals surface area contributed by atoms with Crippen molar-refractivity contribution in [1.82, 2.24) is 8.87 Å². The topological polar surface area (TPSA) is 88.5 Å². The largest absolute Gasteiger partial charge is 0.324 e. The van der Waals surface area contributed by atoms with Gasteiger partial charge in [-0.15, -0.1) is 0 Å². The van der Waals surface area contributed by atoms with E-state index in [1.54, 1.807) is 6.07 Å². The van der Waals surface area contributed by atoms with E-state index in [9.17, 15) is 18.0 Å². The van der Waals surface area contributed by atoms with Crippen LogP contribution in [-0.2, 0) is 21.4 Å². The second-order valence-corrected chi connectivity index (χ2v) is 8.26. The third-order valence-corrected chi connectivity index (χ3v) is 5.79. The summed E-state index contributed by atoms with van der Waals surface area (Å²) in [5, 5.41) is 3.18. The lowest BCUT2D eigenvalue weighted by Crippen LogP contribution is -2.29. The van der Waals surface area contributed by atoms with E-state index in [4.69, 9.17) is 23.2 Å². The number of nitrogens with one attached hydrogen (secondary N) is 1. The van der Waals surface area contributed by atoms with E-state index in [2.05, 4.69) is 5.32 Å². The molecule has 0 saturated heterocycles. The van der Waals surface area contributed by atoms with Gasteiger partial charge < -0.3 is 9.88 Å². The maximum atomic E-state index is 12.1. The SMILES string of the molecule is CN(C)S(=O)(=O)c1ccc(=O)n(CC(=O)Nc2ccc(Cl)c(Cl)c2)c1. The van der Waals surface area contributed by atoms with Gasteiger partial charge in [0.1, 0.15) is 6.54 Å². The molecular formula is C15H15Cl2N3O4S. The van der Waals surface area contributed by atoms with E-state index in [0.717, 1.165) is 21.1 Å². The lowest BCUT2D eigenvalue weighted by atomic mass is 10.3. The molecule has 0 fully saturated rings. The average molecular weight is 404 g/mol. The van der Waals surface area contributed by atoms with Gasteiger partial charge in [0.05, 0.1) is 14.9 Å². The van der Waals surface area contributed by atoms with Gasteiger partial charge in [-0.25, -0.2) is 12.7 Å². The van der Waals surface area contributed by atoms with Gasteiger partial charge in [0.2, 0.25) is 15.9 Å². The number of carbonyl (C=O) groups excluding carboxylic acids is 1. The first kappa shape index (κ1) is 19.5. The first-order chi connectivity index (χ1) is 11.6. The Morgan fingerprint density at radius 3 is 2.44 bits per heavy atom. The van der Waals surface area contributed by atoms with Crippen molar-refractivity contribution in [3.8, 4) is 0 Å². The molecule has 1 amide bonds. The maximum Gasteiger partial charge on any atom is 0.251 e. The normalized spacial score (nSPS) is 11.6. The van der Waals surface area contributed by atoms with Crippen LogP contribution in [0.4, 0.5) is 5.69 Å². The molecule has 0 aliphatic carbocycles. The third-order valence-electron chi connectivity index (χ3n) is 3.25. The minimum atomic E-state index is -3.71. The molecule has 0 saturated carbocycles. The highest BCUT2D eigenvalue weighted by Crippen LogP contribution is 2.24. The number of hydrogen-bond acceptors (Lipinski definition) is 4. The van der Waals surface area contributed by atoms with Crippen LogP contribution in [0.25, 0.3) is 0 Å². The van der Waals surface area contributed by atoms with Crippen LogP contribution in [0.5, 0.6) is 0 Å². The molecule has 1 aromatic heterocycles. The first-order valence-corrected chi connectivity index (χ1v) is 9.19. The smallest absolute Gasteiger partial charge is 0.251 e. The highest BCUT2D eigenvalue weighted by atomic mass is 35.5. The van der Waals surface area contributed by atoms with Gasteiger partial charge in [0.15, 0.2) is 0 Å². The lowest BCUT2D eigenvalue weighted by molar-refractivity contribution is -0.116. The first-order valence-electron chi connectivity index (χ1n) is 6.99. The van der Waals surface area contributed by atoms with Crippen molar-refractivity contribution in [2.45, 2.75) is 11.4 Å². The number of rotatable bonds is 5. The number of halogens is 2. The maximum absolute atomic E-state index is 12.1. The molecule has 2 aromatic rings. The lowest BCUT2D eigenvalue weighted by Gasteiger charge is -2.13. The molecule has 0 spiro atoms. The molecule has 0 unspecified atom stereocenters. The molecule has 2 rings (SSSR count). The van der Waals surface area contributed by atoms with Crippen molar-refractivity contribution in [1.29, 1.82) is 0 Å². The number of aromatic nitrogens is 1. The fourth-order valence-corrected chi connectivity index (χ4v) is 3.15. The molecule has 0 radical (unpaired) electrons. The van der Waals surface area contributed by atoms with Crippen LogP contribution < -0.4 is 10.9 Å². The van der Waals surface area contributed by atoms with Gasteiger partial charge in [-0.05, 0) is 24.3 Å². The summed E-state index contributed by atoms with van der Waals surface area (Å²) in [7, 11) is -0.958. The number of pyridine rings is 1. The van der Waals surface area contributed by atoms with Crippen LogP contribution >= 0.6 is 23.2 Å². The molecule has 1 N–H and O–H groups in total. The van der Waals surface area contributed by atoms with Crippen molar-refractivity contribution < 1.29 is 13.2 Å². The van der Waals surface area contributed by atoms with E-state index in [-0.39, 0.29) is 16.5 Å². The molecule has 25 heavy (non-hydrogen) atoms. The van der Waals surface area contributed by atoms with Gasteiger partial charge in [-0.1, -0.05) is 23.2 Å². The number of carbonyl (C=O) groups is 1. The fourth-order valence-electron chi connectivity index (χ4n) is 1.93. The van der Waals surface area contributed by atoms with Gasteiger partial charge >= 0.3 is 0 Å². The van der Waals surface area contributed by atoms with Crippen molar-refractivity contribution in [2.24, 2.45) is 0 Å². The Bertz CT molecular complexity index is 971. The molecule has 1 aromatic carbocycles. The Hall–Kier alpha value is -1.87. The Balaban J connectivity index is 2.23. The molecule has 0 bridgehead atoms. The molecular weight excluding hydrogens is 389 g/mol. The minimum absolute atomic E-state index is 0.0839. The molecule has 0 atom stereocenters. The molecule has 134 valence electrons. The van der Waals surface area contributed by atoms with Crippen LogP contribution in [-0.4, -0.2) is 37.3 Å². The number of amides is 1. The van der Waals surface area contributed by atoms with Crippen molar-refractivity contribution in [3.63, 3.8) is 0 Å². The van der Waals surface area contributed by atoms with Crippen molar-refractivity contribution in [3.05, 3.63) is 56.9 Å². The van der Waals surface area contributed by atoms with Crippen LogP contribution in [0.15, 0.2) is 46.2 Å². The predicted octanol–water partition coefficient (Wildman–Crippen LogP) is 2.04. The van der Waals surface area contributed by atoms with E-state index in [1.807, 2.05) is 0 Å². The fraction of sp³-hybridized carbons (Fsp3) is 0.200. The van der Waals surface area contributed by atoms with Gasteiger partial charge in [-0.2, -0.15) is 0 Å². The van der Waals surface area contributed by atoms with Gasteiger partial charge in [0, 0.05) is 32.0 Å². The summed E-state index contributed by atoms with van der Waals surface area (Å²) in [6.07, 6.45) is 1.13. The van der Waals surface area contributed by atoms with Crippen LogP contribution in [0, 0.1) is 0 Å². The quantitative estimate of drug-likeness (QED) is 0.826.